The molecule has 17 heavy (non-hydrogen) atoms. The number of thiophene rings is 1. The SMILES string of the molecule is OCC1CN(c2ncnc3sccc23)CCO1. The number of rotatable bonds is 2. The van der Waals surface area contributed by atoms with Crippen molar-refractivity contribution in [3.8, 4) is 0 Å². The van der Waals surface area contributed by atoms with E-state index in [1.54, 1.807) is 17.7 Å². The van der Waals surface area contributed by atoms with Crippen molar-refractivity contribution in [2.75, 3.05) is 31.2 Å². The van der Waals surface area contributed by atoms with Crippen LogP contribution in [-0.4, -0.2) is 47.5 Å². The van der Waals surface area contributed by atoms with Gasteiger partial charge >= 0.3 is 0 Å². The van der Waals surface area contributed by atoms with Crippen LogP contribution < -0.4 is 4.90 Å². The van der Waals surface area contributed by atoms with Gasteiger partial charge in [0.15, 0.2) is 0 Å². The highest BCUT2D eigenvalue weighted by Crippen LogP contribution is 2.27. The predicted molar refractivity (Wildman–Crippen MR) is 66.5 cm³/mol. The molecule has 1 atom stereocenters. The number of aromatic nitrogens is 2. The Labute approximate surface area is 103 Å². The molecule has 0 amide bonds. The van der Waals surface area contributed by atoms with Crippen molar-refractivity contribution in [3.63, 3.8) is 0 Å². The van der Waals surface area contributed by atoms with Crippen LogP contribution in [0.15, 0.2) is 17.8 Å². The minimum atomic E-state index is -0.118. The zero-order valence-electron chi connectivity index (χ0n) is 9.24. The number of hydrogen-bond donors (Lipinski definition) is 1. The first-order valence-corrected chi connectivity index (χ1v) is 6.42. The van der Waals surface area contributed by atoms with Crippen LogP contribution in [0.25, 0.3) is 10.2 Å². The number of aliphatic hydroxyl groups is 1. The lowest BCUT2D eigenvalue weighted by Gasteiger charge is -2.33. The van der Waals surface area contributed by atoms with E-state index in [1.807, 2.05) is 11.4 Å². The molecule has 90 valence electrons. The molecular formula is C11H13N3O2S. The number of ether oxygens (including phenoxy) is 1. The number of aliphatic hydroxyl groups excluding tert-OH is 1. The van der Waals surface area contributed by atoms with Crippen molar-refractivity contribution >= 4 is 27.4 Å². The first-order chi connectivity index (χ1) is 8.38. The molecule has 1 N–H and O–H groups in total. The predicted octanol–water partition coefficient (Wildman–Crippen LogP) is 0.889. The Bertz CT molecular complexity index is 516. The van der Waals surface area contributed by atoms with Crippen molar-refractivity contribution in [3.05, 3.63) is 17.8 Å². The van der Waals surface area contributed by atoms with Crippen molar-refractivity contribution in [2.45, 2.75) is 6.10 Å². The molecule has 1 aliphatic heterocycles. The van der Waals surface area contributed by atoms with Crippen molar-refractivity contribution < 1.29 is 9.84 Å². The number of fused-ring (bicyclic) bond motifs is 1. The van der Waals surface area contributed by atoms with E-state index >= 15 is 0 Å². The molecular weight excluding hydrogens is 238 g/mol. The zero-order chi connectivity index (χ0) is 11.7. The molecule has 1 aliphatic rings. The summed E-state index contributed by atoms with van der Waals surface area (Å²) in [7, 11) is 0. The van der Waals surface area contributed by atoms with Gasteiger partial charge in [0, 0.05) is 13.1 Å². The fourth-order valence-corrected chi connectivity index (χ4v) is 2.78. The summed E-state index contributed by atoms with van der Waals surface area (Å²) in [5, 5.41) is 12.2. The Morgan fingerprint density at radius 3 is 3.35 bits per heavy atom. The molecule has 1 saturated heterocycles. The van der Waals surface area contributed by atoms with E-state index in [0.29, 0.717) is 13.2 Å². The van der Waals surface area contributed by atoms with Crippen LogP contribution in [-0.2, 0) is 4.74 Å². The summed E-state index contributed by atoms with van der Waals surface area (Å²) >= 11 is 1.61. The van der Waals surface area contributed by atoms with Gasteiger partial charge in [-0.05, 0) is 11.4 Å². The number of morpholine rings is 1. The Balaban J connectivity index is 1.94. The first kappa shape index (κ1) is 10.9. The smallest absolute Gasteiger partial charge is 0.140 e. The lowest BCUT2D eigenvalue weighted by molar-refractivity contribution is 0.00344. The van der Waals surface area contributed by atoms with Gasteiger partial charge in [0.05, 0.1) is 24.7 Å². The molecule has 0 spiro atoms. The lowest BCUT2D eigenvalue weighted by atomic mass is 10.2. The standard InChI is InChI=1S/C11H13N3O2S/c15-6-8-5-14(2-3-16-8)10-9-1-4-17-11(9)13-7-12-10/h1,4,7-8,15H,2-3,5-6H2. The van der Waals surface area contributed by atoms with E-state index in [1.165, 1.54) is 0 Å². The second-order valence-corrected chi connectivity index (χ2v) is 4.85. The average Bonchev–Trinajstić information content (AvgIpc) is 2.87. The van der Waals surface area contributed by atoms with Crippen LogP contribution in [0.3, 0.4) is 0 Å². The molecule has 3 rings (SSSR count). The second-order valence-electron chi connectivity index (χ2n) is 3.96. The molecule has 0 aliphatic carbocycles. The van der Waals surface area contributed by atoms with Gasteiger partial charge in [-0.2, -0.15) is 0 Å². The molecule has 0 radical (unpaired) electrons. The maximum atomic E-state index is 9.15. The Morgan fingerprint density at radius 2 is 2.47 bits per heavy atom. The highest BCUT2D eigenvalue weighted by Gasteiger charge is 2.22. The maximum absolute atomic E-state index is 9.15. The van der Waals surface area contributed by atoms with E-state index in [9.17, 15) is 0 Å². The number of hydrogen-bond acceptors (Lipinski definition) is 6. The zero-order valence-corrected chi connectivity index (χ0v) is 10.1. The van der Waals surface area contributed by atoms with Gasteiger partial charge < -0.3 is 14.7 Å². The molecule has 2 aromatic rings. The fourth-order valence-electron chi connectivity index (χ4n) is 2.05. The monoisotopic (exact) mass is 251 g/mol. The summed E-state index contributed by atoms with van der Waals surface area (Å²) in [4.78, 5) is 11.7. The van der Waals surface area contributed by atoms with Crippen molar-refractivity contribution in [2.24, 2.45) is 0 Å². The maximum Gasteiger partial charge on any atom is 0.140 e. The molecule has 0 bridgehead atoms. The summed E-state index contributed by atoms with van der Waals surface area (Å²) in [6.07, 6.45) is 1.48. The van der Waals surface area contributed by atoms with Crippen LogP contribution >= 0.6 is 11.3 Å². The lowest BCUT2D eigenvalue weighted by Crippen LogP contribution is -2.44. The topological polar surface area (TPSA) is 58.5 Å². The van der Waals surface area contributed by atoms with Gasteiger partial charge in [0.1, 0.15) is 17.0 Å². The largest absolute Gasteiger partial charge is 0.394 e. The van der Waals surface area contributed by atoms with E-state index < -0.39 is 0 Å². The molecule has 1 fully saturated rings. The summed E-state index contributed by atoms with van der Waals surface area (Å²) < 4.78 is 5.44. The van der Waals surface area contributed by atoms with Crippen LogP contribution in [0.1, 0.15) is 0 Å². The summed E-state index contributed by atoms with van der Waals surface area (Å²) in [6.45, 7) is 2.16. The molecule has 0 aromatic carbocycles. The Kier molecular flexibility index (Phi) is 2.92. The minimum Gasteiger partial charge on any atom is -0.394 e. The van der Waals surface area contributed by atoms with Crippen LogP contribution in [0.5, 0.6) is 0 Å². The number of nitrogens with zero attached hydrogens (tertiary/aromatic N) is 3. The van der Waals surface area contributed by atoms with Crippen molar-refractivity contribution in [1.82, 2.24) is 9.97 Å². The van der Waals surface area contributed by atoms with E-state index in [-0.39, 0.29) is 12.7 Å². The van der Waals surface area contributed by atoms with Gasteiger partial charge in [-0.25, -0.2) is 9.97 Å². The third-order valence-electron chi connectivity index (χ3n) is 2.88. The summed E-state index contributed by atoms with van der Waals surface area (Å²) in [6, 6.07) is 2.04. The molecule has 3 heterocycles. The highest BCUT2D eigenvalue weighted by atomic mass is 32.1. The van der Waals surface area contributed by atoms with Gasteiger partial charge in [0.25, 0.3) is 0 Å². The first-order valence-electron chi connectivity index (χ1n) is 5.54. The summed E-state index contributed by atoms with van der Waals surface area (Å²) in [5.41, 5.74) is 0. The average molecular weight is 251 g/mol. The van der Waals surface area contributed by atoms with Gasteiger partial charge in [-0.3, -0.25) is 0 Å². The molecule has 0 saturated carbocycles. The van der Waals surface area contributed by atoms with Crippen LogP contribution in [0, 0.1) is 0 Å². The Hall–Kier alpha value is -1.24. The van der Waals surface area contributed by atoms with Gasteiger partial charge in [0.2, 0.25) is 0 Å². The van der Waals surface area contributed by atoms with Gasteiger partial charge in [-0.1, -0.05) is 0 Å². The number of anilines is 1. The quantitative estimate of drug-likeness (QED) is 0.859. The molecule has 6 heteroatoms. The van der Waals surface area contributed by atoms with Crippen molar-refractivity contribution in [1.29, 1.82) is 0 Å². The minimum absolute atomic E-state index is 0.0500. The molecule has 1 unspecified atom stereocenters. The van der Waals surface area contributed by atoms with Crippen LogP contribution in [0.2, 0.25) is 0 Å². The fraction of sp³-hybridized carbons (Fsp3) is 0.455. The second kappa shape index (κ2) is 4.56. The third-order valence-corrected chi connectivity index (χ3v) is 3.70. The van der Waals surface area contributed by atoms with E-state index in [0.717, 1.165) is 22.6 Å². The Morgan fingerprint density at radius 1 is 1.53 bits per heavy atom. The highest BCUT2D eigenvalue weighted by molar-refractivity contribution is 7.16. The van der Waals surface area contributed by atoms with Gasteiger partial charge in [-0.15, -0.1) is 11.3 Å². The third kappa shape index (κ3) is 1.99. The van der Waals surface area contributed by atoms with E-state index in [2.05, 4.69) is 14.9 Å². The van der Waals surface area contributed by atoms with E-state index in [4.69, 9.17) is 9.84 Å². The molecule has 2 aromatic heterocycles. The summed E-state index contributed by atoms with van der Waals surface area (Å²) in [5.74, 6) is 0.943. The normalized spacial score (nSPS) is 21.0. The molecule has 5 nitrogen and oxygen atoms in total. The van der Waals surface area contributed by atoms with Crippen LogP contribution in [0.4, 0.5) is 5.82 Å².